The van der Waals surface area contributed by atoms with Gasteiger partial charge in [-0.25, -0.2) is 14.6 Å². The summed E-state index contributed by atoms with van der Waals surface area (Å²) in [5.74, 6) is -14.9. The number of aliphatic hydroxyl groups excluding tert-OH is 1. The van der Waals surface area contributed by atoms with Crippen molar-refractivity contribution in [3.8, 4) is 11.4 Å². The number of ether oxygens (including phenoxy) is 2. The van der Waals surface area contributed by atoms with E-state index in [-0.39, 0.29) is 29.6 Å². The second-order valence-corrected chi connectivity index (χ2v) is 14.3. The third-order valence-electron chi connectivity index (χ3n) is 8.34. The molecule has 0 aliphatic heterocycles. The van der Waals surface area contributed by atoms with E-state index in [0.717, 1.165) is 22.9 Å². The molecule has 0 radical (unpaired) electrons. The van der Waals surface area contributed by atoms with Crippen molar-refractivity contribution in [3.05, 3.63) is 64.4 Å². The van der Waals surface area contributed by atoms with Crippen LogP contribution in [-0.4, -0.2) is 75.7 Å². The number of H-pyrrole nitrogens is 1. The first-order valence-electron chi connectivity index (χ1n) is 16.2. The van der Waals surface area contributed by atoms with Crippen molar-refractivity contribution >= 4 is 39.6 Å². The minimum Gasteiger partial charge on any atom is -0.464 e. The van der Waals surface area contributed by atoms with Gasteiger partial charge in [0.05, 0.1) is 13.2 Å². The Bertz CT molecular complexity index is 1640. The molecule has 0 bridgehead atoms. The molecule has 1 aromatic heterocycles. The zero-order valence-electron chi connectivity index (χ0n) is 28.4. The number of aromatic amines is 1. The van der Waals surface area contributed by atoms with Crippen LogP contribution in [0.15, 0.2) is 53.0 Å². The Balaban J connectivity index is 1.39. The molecule has 2 atom stereocenters. The van der Waals surface area contributed by atoms with Crippen molar-refractivity contribution in [2.45, 2.75) is 82.6 Å². The standard InChI is InChI=1S/C34H41BrF4N6O6/c1-32(2,3)51-31(49)40-18-20-5-9-22(10-6-20)27(46)42-25(17-19-7-13-23(35)14-8-19)28(47)41-24-15-11-21(12-16-24)26-43-29(45-44-26)33(36,37)34(38,39)30(48)50-4/h7-8,11-16,20,22,25,27,42,46H,5-6,9-10,17-18H2,1-4H3,(H,40,49)(H,41,47)(H,43,44,45)/t20?,22?,25-,27?/m0/s1. The Morgan fingerprint density at radius 3 is 2.22 bits per heavy atom. The number of amides is 2. The van der Waals surface area contributed by atoms with Crippen LogP contribution in [0.3, 0.4) is 0 Å². The van der Waals surface area contributed by atoms with Gasteiger partial charge in [0.2, 0.25) is 11.7 Å². The highest BCUT2D eigenvalue weighted by atomic mass is 79.9. The van der Waals surface area contributed by atoms with Crippen LogP contribution in [0.2, 0.25) is 0 Å². The number of aromatic nitrogens is 3. The van der Waals surface area contributed by atoms with Gasteiger partial charge in [-0.15, -0.1) is 0 Å². The maximum atomic E-state index is 14.4. The molecule has 2 amide bonds. The molecule has 1 aliphatic carbocycles. The van der Waals surface area contributed by atoms with Gasteiger partial charge in [0.1, 0.15) is 11.8 Å². The lowest BCUT2D eigenvalue weighted by Gasteiger charge is -2.33. The predicted octanol–water partition coefficient (Wildman–Crippen LogP) is 5.92. The molecular weight excluding hydrogens is 744 g/mol. The Morgan fingerprint density at radius 2 is 1.63 bits per heavy atom. The first kappa shape index (κ1) is 39.7. The molecule has 1 heterocycles. The smallest absolute Gasteiger partial charge is 0.412 e. The molecule has 3 aromatic rings. The molecule has 1 unspecified atom stereocenters. The highest BCUT2D eigenvalue weighted by Gasteiger charge is 2.66. The summed E-state index contributed by atoms with van der Waals surface area (Å²) in [6.45, 7) is 5.85. The number of alkyl carbamates (subject to hydrolysis) is 1. The number of alkyl halides is 4. The van der Waals surface area contributed by atoms with Crippen LogP contribution >= 0.6 is 15.9 Å². The zero-order chi connectivity index (χ0) is 37.6. The maximum absolute atomic E-state index is 14.4. The molecule has 0 saturated heterocycles. The van der Waals surface area contributed by atoms with Crippen molar-refractivity contribution in [3.63, 3.8) is 0 Å². The Labute approximate surface area is 300 Å². The van der Waals surface area contributed by atoms with Crippen molar-refractivity contribution in [1.29, 1.82) is 0 Å². The summed E-state index contributed by atoms with van der Waals surface area (Å²) in [7, 11) is 0.558. The number of methoxy groups -OCH3 is 1. The normalized spacial score (nSPS) is 18.0. The minimum atomic E-state index is -5.19. The second kappa shape index (κ2) is 16.5. The number of nitrogens with zero attached hydrogens (tertiary/aromatic N) is 2. The first-order chi connectivity index (χ1) is 23.9. The molecule has 51 heavy (non-hydrogen) atoms. The fraction of sp³-hybridized carbons (Fsp3) is 0.500. The van der Waals surface area contributed by atoms with Gasteiger partial charge < -0.3 is 25.2 Å². The van der Waals surface area contributed by atoms with E-state index in [1.54, 1.807) is 25.9 Å². The van der Waals surface area contributed by atoms with Crippen LogP contribution in [-0.2, 0) is 31.4 Å². The van der Waals surface area contributed by atoms with E-state index < -0.39 is 53.5 Å². The van der Waals surface area contributed by atoms with Crippen LogP contribution in [0.1, 0.15) is 57.8 Å². The summed E-state index contributed by atoms with van der Waals surface area (Å²) >= 11 is 3.40. The highest BCUT2D eigenvalue weighted by Crippen LogP contribution is 2.42. The van der Waals surface area contributed by atoms with Crippen LogP contribution in [0.4, 0.5) is 28.0 Å². The van der Waals surface area contributed by atoms with E-state index in [2.05, 4.69) is 46.7 Å². The van der Waals surface area contributed by atoms with E-state index >= 15 is 0 Å². The van der Waals surface area contributed by atoms with Crippen molar-refractivity contribution in [2.24, 2.45) is 11.8 Å². The molecule has 2 aromatic carbocycles. The average molecular weight is 786 g/mol. The Morgan fingerprint density at radius 1 is 1.00 bits per heavy atom. The van der Waals surface area contributed by atoms with Gasteiger partial charge in [-0.1, -0.05) is 28.1 Å². The van der Waals surface area contributed by atoms with E-state index in [4.69, 9.17) is 4.74 Å². The van der Waals surface area contributed by atoms with E-state index in [1.807, 2.05) is 24.3 Å². The summed E-state index contributed by atoms with van der Waals surface area (Å²) in [6.07, 6.45) is 1.67. The van der Waals surface area contributed by atoms with E-state index in [1.165, 1.54) is 24.3 Å². The van der Waals surface area contributed by atoms with Gasteiger partial charge in [0.25, 0.3) is 0 Å². The van der Waals surface area contributed by atoms with Gasteiger partial charge >= 0.3 is 23.9 Å². The van der Waals surface area contributed by atoms with Gasteiger partial charge in [0, 0.05) is 22.3 Å². The summed E-state index contributed by atoms with van der Waals surface area (Å²) in [6, 6.07) is 12.2. The van der Waals surface area contributed by atoms with Gasteiger partial charge in [0.15, 0.2) is 5.82 Å². The van der Waals surface area contributed by atoms with Crippen molar-refractivity contribution < 1.29 is 46.5 Å². The summed E-state index contributed by atoms with van der Waals surface area (Å²) in [4.78, 5) is 40.3. The maximum Gasteiger partial charge on any atom is 0.412 e. The molecule has 5 N–H and O–H groups in total. The molecule has 1 aliphatic rings. The number of nitrogens with one attached hydrogen (secondary N) is 4. The molecule has 12 nitrogen and oxygen atoms in total. The zero-order valence-corrected chi connectivity index (χ0v) is 30.0. The SMILES string of the molecule is COC(=O)C(F)(F)C(F)(F)c1nc(-c2ccc(NC(=O)[C@H](Cc3ccc(Br)cc3)NC(O)C3CCC(CNC(=O)OC(C)(C)C)CC3)cc2)n[nH]1. The topological polar surface area (TPSA) is 168 Å². The average Bonchev–Trinajstić information content (AvgIpc) is 3.59. The van der Waals surface area contributed by atoms with Crippen molar-refractivity contribution in [2.75, 3.05) is 19.0 Å². The number of rotatable bonds is 13. The summed E-state index contributed by atoms with van der Waals surface area (Å²) in [5, 5.41) is 25.2. The van der Waals surface area contributed by atoms with Crippen LogP contribution in [0.25, 0.3) is 11.4 Å². The lowest BCUT2D eigenvalue weighted by Crippen LogP contribution is -2.50. The Hall–Kier alpha value is -4.09. The summed E-state index contributed by atoms with van der Waals surface area (Å²) in [5.41, 5.74) is 0.714. The third kappa shape index (κ3) is 10.5. The number of esters is 1. The number of anilines is 1. The number of halogens is 5. The van der Waals surface area contributed by atoms with Crippen LogP contribution in [0, 0.1) is 11.8 Å². The lowest BCUT2D eigenvalue weighted by atomic mass is 9.81. The Kier molecular flexibility index (Phi) is 12.8. The van der Waals surface area contributed by atoms with Crippen molar-refractivity contribution in [1.82, 2.24) is 25.8 Å². The molecule has 0 spiro atoms. The quantitative estimate of drug-likeness (QED) is 0.0803. The van der Waals surface area contributed by atoms with E-state index in [9.17, 15) is 37.1 Å². The molecule has 17 heteroatoms. The first-order valence-corrected chi connectivity index (χ1v) is 17.0. The largest absolute Gasteiger partial charge is 0.464 e. The molecular formula is C34H41BrF4N6O6. The van der Waals surface area contributed by atoms with Gasteiger partial charge in [-0.3, -0.25) is 15.2 Å². The fourth-order valence-corrected chi connectivity index (χ4v) is 5.81. The lowest BCUT2D eigenvalue weighted by molar-refractivity contribution is -0.233. The molecule has 278 valence electrons. The molecule has 1 fully saturated rings. The fourth-order valence-electron chi connectivity index (χ4n) is 5.54. The second-order valence-electron chi connectivity index (χ2n) is 13.4. The number of carbonyl (C=O) groups is 3. The van der Waals surface area contributed by atoms with Gasteiger partial charge in [-0.2, -0.15) is 22.7 Å². The van der Waals surface area contributed by atoms with E-state index in [0.29, 0.717) is 32.2 Å². The number of benzene rings is 2. The minimum absolute atomic E-state index is 0.131. The monoisotopic (exact) mass is 784 g/mol. The number of hydrogen-bond donors (Lipinski definition) is 5. The predicted molar refractivity (Wildman–Crippen MR) is 182 cm³/mol. The number of carbonyl (C=O) groups excluding carboxylic acids is 3. The third-order valence-corrected chi connectivity index (χ3v) is 8.87. The van der Waals surface area contributed by atoms with Gasteiger partial charge in [-0.05, 0) is 107 Å². The molecule has 4 rings (SSSR count). The van der Waals surface area contributed by atoms with Crippen LogP contribution in [0.5, 0.6) is 0 Å². The van der Waals surface area contributed by atoms with Crippen LogP contribution < -0.4 is 16.0 Å². The number of aliphatic hydroxyl groups is 1. The molecule has 1 saturated carbocycles. The summed E-state index contributed by atoms with van der Waals surface area (Å²) < 4.78 is 66.8. The number of hydrogen-bond acceptors (Lipinski definition) is 9. The highest BCUT2D eigenvalue weighted by molar-refractivity contribution is 9.10.